The summed E-state index contributed by atoms with van der Waals surface area (Å²) in [7, 11) is -3.60. The minimum Gasteiger partial charge on any atom is -0.243 e. The van der Waals surface area contributed by atoms with E-state index in [1.165, 1.54) is 18.3 Å². The highest BCUT2D eigenvalue weighted by Crippen LogP contribution is 2.18. The summed E-state index contributed by atoms with van der Waals surface area (Å²) >= 11 is 5.54. The van der Waals surface area contributed by atoms with Crippen molar-refractivity contribution in [2.75, 3.05) is 5.75 Å². The topological polar surface area (TPSA) is 70.8 Å². The average Bonchev–Trinajstić information content (AvgIpc) is 2.04. The molecule has 1 heterocycles. The largest absolute Gasteiger partial charge is 0.243 e. The van der Waals surface area contributed by atoms with Crippen LogP contribution < -0.4 is 0 Å². The first kappa shape index (κ1) is 9.96. The summed E-state index contributed by atoms with van der Waals surface area (Å²) in [6, 6.07) is 4.34. The van der Waals surface area contributed by atoms with Crippen LogP contribution in [-0.2, 0) is 9.84 Å². The van der Waals surface area contributed by atoms with Gasteiger partial charge in [0.25, 0.3) is 0 Å². The Morgan fingerprint density at radius 3 is 2.85 bits per heavy atom. The summed E-state index contributed by atoms with van der Waals surface area (Å²) in [6.45, 7) is 0. The van der Waals surface area contributed by atoms with Crippen molar-refractivity contribution in [3.63, 3.8) is 0 Å². The third-order valence-corrected chi connectivity index (χ3v) is 3.24. The lowest BCUT2D eigenvalue weighted by atomic mass is 10.5. The van der Waals surface area contributed by atoms with Gasteiger partial charge in [-0.25, -0.2) is 13.4 Å². The molecule has 1 aromatic rings. The Balaban J connectivity index is 3.25. The number of nitrogens with zero attached hydrogens (tertiary/aromatic N) is 2. The monoisotopic (exact) mass is 216 g/mol. The molecule has 4 nitrogen and oxygen atoms in total. The van der Waals surface area contributed by atoms with Crippen molar-refractivity contribution >= 4 is 21.4 Å². The summed E-state index contributed by atoms with van der Waals surface area (Å²) < 4.78 is 22.6. The van der Waals surface area contributed by atoms with Crippen LogP contribution >= 0.6 is 11.6 Å². The van der Waals surface area contributed by atoms with Crippen LogP contribution in [0, 0.1) is 11.3 Å². The second-order valence-corrected chi connectivity index (χ2v) is 4.53. The number of halogens is 1. The third-order valence-electron chi connectivity index (χ3n) is 1.31. The number of nitriles is 1. The molecule has 13 heavy (non-hydrogen) atoms. The highest BCUT2D eigenvalue weighted by molar-refractivity contribution is 7.91. The van der Waals surface area contributed by atoms with E-state index in [1.807, 2.05) is 0 Å². The summed E-state index contributed by atoms with van der Waals surface area (Å²) in [5, 5.41) is 8.16. The van der Waals surface area contributed by atoms with E-state index in [0.717, 1.165) is 0 Å². The fraction of sp³-hybridized carbons (Fsp3) is 0.143. The summed E-state index contributed by atoms with van der Waals surface area (Å²) in [6.07, 6.45) is 1.38. The molecule has 0 saturated carbocycles. The Bertz CT molecular complexity index is 450. The van der Waals surface area contributed by atoms with E-state index in [2.05, 4.69) is 4.98 Å². The van der Waals surface area contributed by atoms with Crippen LogP contribution in [0.15, 0.2) is 23.2 Å². The summed E-state index contributed by atoms with van der Waals surface area (Å²) in [4.78, 5) is 3.51. The van der Waals surface area contributed by atoms with Crippen LogP contribution in [-0.4, -0.2) is 19.2 Å². The predicted octanol–water partition coefficient (Wildman–Crippen LogP) is 1.03. The molecular weight excluding hydrogens is 212 g/mol. The van der Waals surface area contributed by atoms with Crippen LogP contribution in [0.2, 0.25) is 5.15 Å². The minimum atomic E-state index is -3.60. The normalized spacial score (nSPS) is 10.8. The lowest BCUT2D eigenvalue weighted by molar-refractivity contribution is 0.599. The zero-order valence-electron chi connectivity index (χ0n) is 6.44. The molecule has 0 unspecified atom stereocenters. The Morgan fingerprint density at radius 2 is 2.31 bits per heavy atom. The van der Waals surface area contributed by atoms with Gasteiger partial charge in [-0.15, -0.1) is 0 Å². The van der Waals surface area contributed by atoms with Gasteiger partial charge in [-0.05, 0) is 12.1 Å². The van der Waals surface area contributed by atoms with Gasteiger partial charge in [-0.1, -0.05) is 11.6 Å². The van der Waals surface area contributed by atoms with Crippen molar-refractivity contribution in [3.05, 3.63) is 23.5 Å². The lowest BCUT2D eigenvalue weighted by Gasteiger charge is -1.99. The van der Waals surface area contributed by atoms with E-state index in [9.17, 15) is 8.42 Å². The Kier molecular flexibility index (Phi) is 2.86. The molecule has 0 saturated heterocycles. The molecule has 6 heteroatoms. The Hall–Kier alpha value is -1.12. The molecular formula is C7H5ClN2O2S. The van der Waals surface area contributed by atoms with E-state index in [1.54, 1.807) is 6.07 Å². The minimum absolute atomic E-state index is 0.0989. The molecule has 1 rings (SSSR count). The number of hydrogen-bond acceptors (Lipinski definition) is 4. The molecule has 0 atom stereocenters. The van der Waals surface area contributed by atoms with Crippen LogP contribution in [0.3, 0.4) is 0 Å². The van der Waals surface area contributed by atoms with Gasteiger partial charge >= 0.3 is 0 Å². The van der Waals surface area contributed by atoms with Crippen LogP contribution in [0.25, 0.3) is 0 Å². The first-order valence-corrected chi connectivity index (χ1v) is 5.31. The quantitative estimate of drug-likeness (QED) is 0.693. The maximum absolute atomic E-state index is 11.3. The van der Waals surface area contributed by atoms with Crippen molar-refractivity contribution < 1.29 is 8.42 Å². The van der Waals surface area contributed by atoms with Gasteiger partial charge in [0.15, 0.2) is 9.84 Å². The fourth-order valence-corrected chi connectivity index (χ4v) is 2.16. The van der Waals surface area contributed by atoms with Gasteiger partial charge in [0.05, 0.1) is 6.07 Å². The van der Waals surface area contributed by atoms with Crippen LogP contribution in [0.1, 0.15) is 0 Å². The third kappa shape index (κ3) is 2.17. The lowest BCUT2D eigenvalue weighted by Crippen LogP contribution is -2.06. The van der Waals surface area contributed by atoms with E-state index in [4.69, 9.17) is 16.9 Å². The zero-order chi connectivity index (χ0) is 9.90. The number of aromatic nitrogens is 1. The molecule has 0 aliphatic heterocycles. The highest BCUT2D eigenvalue weighted by Gasteiger charge is 2.17. The van der Waals surface area contributed by atoms with Gasteiger partial charge in [0.2, 0.25) is 0 Å². The number of hydrogen-bond donors (Lipinski definition) is 0. The van der Waals surface area contributed by atoms with Crippen molar-refractivity contribution in [2.24, 2.45) is 0 Å². The van der Waals surface area contributed by atoms with E-state index < -0.39 is 15.6 Å². The van der Waals surface area contributed by atoms with Crippen LogP contribution in [0.4, 0.5) is 0 Å². The van der Waals surface area contributed by atoms with E-state index in [0.29, 0.717) is 0 Å². The van der Waals surface area contributed by atoms with Crippen LogP contribution in [0.5, 0.6) is 0 Å². The van der Waals surface area contributed by atoms with E-state index >= 15 is 0 Å². The highest BCUT2D eigenvalue weighted by atomic mass is 35.5. The van der Waals surface area contributed by atoms with Crippen molar-refractivity contribution in [1.29, 1.82) is 5.26 Å². The standard InChI is InChI=1S/C7H5ClN2O2S/c8-7-6(2-1-4-10-7)13(11,12)5-3-9/h1-2,4H,5H2. The molecule has 68 valence electrons. The first-order chi connectivity index (χ1) is 6.08. The number of pyridine rings is 1. The fourth-order valence-electron chi connectivity index (χ4n) is 0.766. The van der Waals surface area contributed by atoms with Crippen molar-refractivity contribution in [2.45, 2.75) is 4.90 Å². The molecule has 0 radical (unpaired) electrons. The van der Waals surface area contributed by atoms with Crippen molar-refractivity contribution in [1.82, 2.24) is 4.98 Å². The average molecular weight is 217 g/mol. The smallest absolute Gasteiger partial charge is 0.194 e. The Labute approximate surface area is 80.7 Å². The second-order valence-electron chi connectivity index (χ2n) is 2.21. The number of sulfone groups is 1. The van der Waals surface area contributed by atoms with Gasteiger partial charge in [0.1, 0.15) is 15.8 Å². The Morgan fingerprint density at radius 1 is 1.62 bits per heavy atom. The molecule has 1 aromatic heterocycles. The molecule has 0 N–H and O–H groups in total. The number of rotatable bonds is 2. The van der Waals surface area contributed by atoms with Crippen molar-refractivity contribution in [3.8, 4) is 6.07 Å². The summed E-state index contributed by atoms with van der Waals surface area (Å²) in [5.74, 6) is -0.585. The van der Waals surface area contributed by atoms with Gasteiger partial charge in [-0.2, -0.15) is 5.26 Å². The van der Waals surface area contributed by atoms with Gasteiger partial charge in [0, 0.05) is 6.20 Å². The summed E-state index contributed by atoms with van der Waals surface area (Å²) in [5.41, 5.74) is 0. The molecule has 0 aromatic carbocycles. The second kappa shape index (κ2) is 3.73. The molecule has 0 bridgehead atoms. The van der Waals surface area contributed by atoms with Gasteiger partial charge in [-0.3, -0.25) is 0 Å². The zero-order valence-corrected chi connectivity index (χ0v) is 8.01. The molecule has 0 spiro atoms. The molecule has 0 fully saturated rings. The van der Waals surface area contributed by atoms with E-state index in [-0.39, 0.29) is 10.0 Å². The molecule has 0 amide bonds. The SMILES string of the molecule is N#CCS(=O)(=O)c1cccnc1Cl. The maximum atomic E-state index is 11.3. The maximum Gasteiger partial charge on any atom is 0.194 e. The first-order valence-electron chi connectivity index (χ1n) is 3.28. The predicted molar refractivity (Wildman–Crippen MR) is 46.9 cm³/mol. The molecule has 0 aliphatic carbocycles. The molecule has 0 aliphatic rings. The van der Waals surface area contributed by atoms with Gasteiger partial charge < -0.3 is 0 Å².